The fourth-order valence-corrected chi connectivity index (χ4v) is 1.60. The molecule has 0 radical (unpaired) electrons. The lowest BCUT2D eigenvalue weighted by molar-refractivity contribution is -0.274. The van der Waals surface area contributed by atoms with Gasteiger partial charge in [0.15, 0.2) is 0 Å². The first-order valence-corrected chi connectivity index (χ1v) is 5.41. The molecule has 7 heteroatoms. The van der Waals surface area contributed by atoms with Gasteiger partial charge in [-0.05, 0) is 29.8 Å². The summed E-state index contributed by atoms with van der Waals surface area (Å²) in [4.78, 5) is 3.42. The van der Waals surface area contributed by atoms with Gasteiger partial charge in [0, 0.05) is 5.56 Å². The Labute approximate surface area is 110 Å². The maximum Gasteiger partial charge on any atom is 0.573 e. The molecule has 2 aromatic rings. The normalized spacial score (nSPS) is 11.4. The topological polar surface area (TPSA) is 22.1 Å². The molecule has 0 unspecified atom stereocenters. The predicted molar refractivity (Wildman–Crippen MR) is 61.3 cm³/mol. The minimum Gasteiger partial charge on any atom is -0.406 e. The van der Waals surface area contributed by atoms with Crippen molar-refractivity contribution < 1.29 is 22.3 Å². The molecule has 0 bridgehead atoms. The molecular formula is C12H6ClF4NO. The minimum absolute atomic E-state index is 0.00160. The van der Waals surface area contributed by atoms with Crippen molar-refractivity contribution in [2.24, 2.45) is 0 Å². The van der Waals surface area contributed by atoms with E-state index in [4.69, 9.17) is 11.6 Å². The summed E-state index contributed by atoms with van der Waals surface area (Å²) in [7, 11) is 0. The van der Waals surface area contributed by atoms with E-state index in [0.717, 1.165) is 12.1 Å². The summed E-state index contributed by atoms with van der Waals surface area (Å²) in [6.45, 7) is 0. The van der Waals surface area contributed by atoms with Crippen molar-refractivity contribution in [3.63, 3.8) is 0 Å². The highest BCUT2D eigenvalue weighted by Gasteiger charge is 2.30. The number of hydrogen-bond donors (Lipinski definition) is 0. The number of ether oxygens (including phenoxy) is 1. The summed E-state index contributed by atoms with van der Waals surface area (Å²) >= 11 is 5.51. The van der Waals surface area contributed by atoms with Gasteiger partial charge in [0.05, 0.1) is 0 Å². The third-order valence-electron chi connectivity index (χ3n) is 2.21. The maximum atomic E-state index is 13.5. The number of rotatable bonds is 2. The van der Waals surface area contributed by atoms with Gasteiger partial charge in [-0.15, -0.1) is 13.2 Å². The lowest BCUT2D eigenvalue weighted by Gasteiger charge is -2.09. The van der Waals surface area contributed by atoms with Crippen molar-refractivity contribution in [1.82, 2.24) is 4.98 Å². The monoisotopic (exact) mass is 291 g/mol. The van der Waals surface area contributed by atoms with Crippen molar-refractivity contribution in [1.29, 1.82) is 0 Å². The molecule has 2 nitrogen and oxygen atoms in total. The Morgan fingerprint density at radius 3 is 2.16 bits per heavy atom. The highest BCUT2D eigenvalue weighted by atomic mass is 35.5. The molecule has 0 fully saturated rings. The van der Waals surface area contributed by atoms with Gasteiger partial charge >= 0.3 is 6.36 Å². The van der Waals surface area contributed by atoms with Gasteiger partial charge in [-0.3, -0.25) is 0 Å². The Bertz CT molecular complexity index is 583. The Kier molecular flexibility index (Phi) is 3.61. The fraction of sp³-hybridized carbons (Fsp3) is 0.0833. The van der Waals surface area contributed by atoms with E-state index in [1.54, 1.807) is 0 Å². The van der Waals surface area contributed by atoms with Gasteiger partial charge in [0.2, 0.25) is 5.95 Å². The molecule has 0 saturated carbocycles. The number of hydrogen-bond acceptors (Lipinski definition) is 2. The van der Waals surface area contributed by atoms with Gasteiger partial charge in [-0.2, -0.15) is 4.39 Å². The van der Waals surface area contributed by atoms with E-state index >= 15 is 0 Å². The predicted octanol–water partition coefficient (Wildman–Crippen LogP) is 4.44. The number of halogens is 5. The van der Waals surface area contributed by atoms with E-state index in [2.05, 4.69) is 9.72 Å². The van der Waals surface area contributed by atoms with Gasteiger partial charge < -0.3 is 4.74 Å². The van der Waals surface area contributed by atoms with Crippen LogP contribution in [-0.2, 0) is 0 Å². The summed E-state index contributed by atoms with van der Waals surface area (Å²) in [5.74, 6) is -1.17. The maximum absolute atomic E-state index is 13.5. The number of nitrogens with zero attached hydrogens (tertiary/aromatic N) is 1. The molecule has 2 rings (SSSR count). The average Bonchev–Trinajstić information content (AvgIpc) is 2.28. The number of pyridine rings is 1. The van der Waals surface area contributed by atoms with E-state index in [0.29, 0.717) is 5.56 Å². The molecule has 0 atom stereocenters. The number of alkyl halides is 3. The molecule has 0 spiro atoms. The molecule has 0 amide bonds. The van der Waals surface area contributed by atoms with E-state index in [-0.39, 0.29) is 16.5 Å². The van der Waals surface area contributed by atoms with Crippen LogP contribution in [0.1, 0.15) is 0 Å². The minimum atomic E-state index is -4.76. The van der Waals surface area contributed by atoms with E-state index in [1.165, 1.54) is 24.3 Å². The number of aromatic nitrogens is 1. The first-order valence-electron chi connectivity index (χ1n) is 5.03. The molecule has 1 aromatic carbocycles. The Balaban J connectivity index is 2.27. The van der Waals surface area contributed by atoms with Crippen LogP contribution in [0.2, 0.25) is 5.15 Å². The van der Waals surface area contributed by atoms with Crippen molar-refractivity contribution in [2.75, 3.05) is 0 Å². The lowest BCUT2D eigenvalue weighted by atomic mass is 10.1. The molecule has 100 valence electrons. The quantitative estimate of drug-likeness (QED) is 0.603. The van der Waals surface area contributed by atoms with Crippen LogP contribution in [0.15, 0.2) is 36.4 Å². The summed E-state index contributed by atoms with van der Waals surface area (Å²) in [5, 5.41) is -0.00160. The molecule has 0 N–H and O–H groups in total. The van der Waals surface area contributed by atoms with Crippen LogP contribution >= 0.6 is 11.6 Å². The van der Waals surface area contributed by atoms with Crippen LogP contribution in [0, 0.1) is 5.95 Å². The van der Waals surface area contributed by atoms with E-state index in [9.17, 15) is 17.6 Å². The summed E-state index contributed by atoms with van der Waals surface area (Å²) in [6, 6.07) is 7.57. The molecule has 1 heterocycles. The molecule has 0 aliphatic carbocycles. The third kappa shape index (κ3) is 3.57. The second-order valence-corrected chi connectivity index (χ2v) is 3.93. The van der Waals surface area contributed by atoms with Crippen molar-refractivity contribution in [3.8, 4) is 16.9 Å². The second kappa shape index (κ2) is 5.05. The van der Waals surface area contributed by atoms with Crippen LogP contribution in [-0.4, -0.2) is 11.3 Å². The standard InChI is InChI=1S/C12H6ClF4NO/c13-10-6-5-9(11(14)18-10)7-1-3-8(4-2-7)19-12(15,16)17/h1-6H. The van der Waals surface area contributed by atoms with Gasteiger partial charge in [-0.25, -0.2) is 4.98 Å². The fourth-order valence-electron chi connectivity index (χ4n) is 1.46. The lowest BCUT2D eigenvalue weighted by Crippen LogP contribution is -2.16. The summed E-state index contributed by atoms with van der Waals surface area (Å²) in [5.41, 5.74) is 0.513. The molecule has 0 saturated heterocycles. The SMILES string of the molecule is Fc1nc(Cl)ccc1-c1ccc(OC(F)(F)F)cc1. The Morgan fingerprint density at radius 2 is 1.63 bits per heavy atom. The zero-order valence-corrected chi connectivity index (χ0v) is 9.97. The van der Waals surface area contributed by atoms with Crippen molar-refractivity contribution >= 4 is 11.6 Å². The van der Waals surface area contributed by atoms with Gasteiger partial charge in [0.1, 0.15) is 10.9 Å². The van der Waals surface area contributed by atoms with E-state index in [1.807, 2.05) is 0 Å². The zero-order valence-electron chi connectivity index (χ0n) is 9.21. The molecule has 1 aromatic heterocycles. The average molecular weight is 292 g/mol. The largest absolute Gasteiger partial charge is 0.573 e. The first kappa shape index (κ1) is 13.6. The van der Waals surface area contributed by atoms with Gasteiger partial charge in [0.25, 0.3) is 0 Å². The smallest absolute Gasteiger partial charge is 0.406 e. The highest BCUT2D eigenvalue weighted by Crippen LogP contribution is 2.27. The van der Waals surface area contributed by atoms with Gasteiger partial charge in [-0.1, -0.05) is 23.7 Å². The molecular weight excluding hydrogens is 286 g/mol. The van der Waals surface area contributed by atoms with E-state index < -0.39 is 12.3 Å². The van der Waals surface area contributed by atoms with Crippen molar-refractivity contribution in [3.05, 3.63) is 47.5 Å². The summed E-state index contributed by atoms with van der Waals surface area (Å²) in [6.07, 6.45) is -4.76. The van der Waals surface area contributed by atoms with Crippen LogP contribution < -0.4 is 4.74 Å². The molecule has 0 aliphatic heterocycles. The number of benzene rings is 1. The zero-order chi connectivity index (χ0) is 14.0. The second-order valence-electron chi connectivity index (χ2n) is 3.54. The highest BCUT2D eigenvalue weighted by molar-refractivity contribution is 6.29. The third-order valence-corrected chi connectivity index (χ3v) is 2.42. The Hall–Kier alpha value is -1.82. The van der Waals surface area contributed by atoms with Crippen LogP contribution in [0.3, 0.4) is 0 Å². The van der Waals surface area contributed by atoms with Crippen LogP contribution in [0.5, 0.6) is 5.75 Å². The molecule has 19 heavy (non-hydrogen) atoms. The van der Waals surface area contributed by atoms with Crippen LogP contribution in [0.25, 0.3) is 11.1 Å². The van der Waals surface area contributed by atoms with Crippen LogP contribution in [0.4, 0.5) is 17.6 Å². The Morgan fingerprint density at radius 1 is 1.00 bits per heavy atom. The summed E-state index contributed by atoms with van der Waals surface area (Å²) < 4.78 is 53.1. The molecule has 0 aliphatic rings. The van der Waals surface area contributed by atoms with Crippen molar-refractivity contribution in [2.45, 2.75) is 6.36 Å². The first-order chi connectivity index (χ1) is 8.85.